The molecule has 0 radical (unpaired) electrons. The van der Waals surface area contributed by atoms with Crippen LogP contribution in [0, 0.1) is 5.41 Å². The molecule has 27 heavy (non-hydrogen) atoms. The van der Waals surface area contributed by atoms with E-state index < -0.39 is 11.7 Å². The first-order chi connectivity index (χ1) is 12.7. The first-order valence-corrected chi connectivity index (χ1v) is 9.40. The molecule has 1 aromatic heterocycles. The van der Waals surface area contributed by atoms with Gasteiger partial charge >= 0.3 is 12.1 Å². The van der Waals surface area contributed by atoms with E-state index in [-0.39, 0.29) is 23.5 Å². The van der Waals surface area contributed by atoms with E-state index in [4.69, 9.17) is 9.26 Å². The maximum atomic E-state index is 12.3. The number of urea groups is 1. The van der Waals surface area contributed by atoms with Gasteiger partial charge in [0.15, 0.2) is 0 Å². The van der Waals surface area contributed by atoms with E-state index in [1.165, 1.54) is 0 Å². The van der Waals surface area contributed by atoms with E-state index in [0.29, 0.717) is 31.0 Å². The average molecular weight is 378 g/mol. The van der Waals surface area contributed by atoms with Crippen molar-refractivity contribution < 1.29 is 24.1 Å². The molecule has 9 heteroatoms. The zero-order valence-corrected chi connectivity index (χ0v) is 15.9. The predicted molar refractivity (Wildman–Crippen MR) is 93.0 cm³/mol. The molecule has 0 unspecified atom stereocenters. The van der Waals surface area contributed by atoms with Gasteiger partial charge in [0.1, 0.15) is 17.1 Å². The van der Waals surface area contributed by atoms with Gasteiger partial charge in [-0.15, -0.1) is 0 Å². The summed E-state index contributed by atoms with van der Waals surface area (Å²) in [6.07, 6.45) is 2.85. The van der Waals surface area contributed by atoms with Crippen LogP contribution in [-0.2, 0) is 11.2 Å². The average Bonchev–Trinajstić information content (AvgIpc) is 3.08. The van der Waals surface area contributed by atoms with Crippen LogP contribution in [0.5, 0.6) is 0 Å². The molecule has 3 heterocycles. The highest BCUT2D eigenvalue weighted by Crippen LogP contribution is 2.61. The van der Waals surface area contributed by atoms with Crippen molar-refractivity contribution in [1.82, 2.24) is 20.4 Å². The van der Waals surface area contributed by atoms with Gasteiger partial charge in [-0.2, -0.15) is 0 Å². The molecule has 2 saturated heterocycles. The molecule has 1 saturated carbocycles. The quantitative estimate of drug-likeness (QED) is 0.779. The van der Waals surface area contributed by atoms with Crippen molar-refractivity contribution in [2.75, 3.05) is 13.1 Å². The number of hydrogen-bond acceptors (Lipinski definition) is 6. The van der Waals surface area contributed by atoms with Gasteiger partial charge in [0.05, 0.1) is 12.1 Å². The highest BCUT2D eigenvalue weighted by Gasteiger charge is 2.63. The summed E-state index contributed by atoms with van der Waals surface area (Å²) in [6, 6.07) is 1.20. The fourth-order valence-corrected chi connectivity index (χ4v) is 4.12. The first-order valence-electron chi connectivity index (χ1n) is 9.40. The molecule has 148 valence electrons. The molecule has 2 bridgehead atoms. The van der Waals surface area contributed by atoms with Crippen molar-refractivity contribution in [1.29, 1.82) is 0 Å². The minimum absolute atomic E-state index is 0.0134. The molecular formula is C18H26N4O5. The lowest BCUT2D eigenvalue weighted by Gasteiger charge is -2.35. The second-order valence-electron chi connectivity index (χ2n) is 8.77. The fraction of sp³-hybridized carbons (Fsp3) is 0.722. The smallest absolute Gasteiger partial charge is 0.407 e. The van der Waals surface area contributed by atoms with Gasteiger partial charge in [0, 0.05) is 25.6 Å². The number of nitrogens with zero attached hydrogens (tertiary/aromatic N) is 3. The standard InChI is InChI=1S/C18H26N4O5/c1-17(2,3)26-15(23)19-7-4-11-8-12(20-27-11)13-9-18(5-6-18)14-10-21(13)16(24)22(14)25/h8,13-14,25H,4-7,9-10H2,1-3H3,(H,19,23)/t13-,14-/m0/s1. The third-order valence-corrected chi connectivity index (χ3v) is 5.64. The number of carbonyl (C=O) groups excluding carboxylic acids is 2. The molecular weight excluding hydrogens is 352 g/mol. The van der Waals surface area contributed by atoms with Crippen molar-refractivity contribution in [3.63, 3.8) is 0 Å². The maximum absolute atomic E-state index is 12.3. The van der Waals surface area contributed by atoms with Crippen LogP contribution in [-0.4, -0.2) is 57.2 Å². The zero-order chi connectivity index (χ0) is 19.4. The van der Waals surface area contributed by atoms with Crippen molar-refractivity contribution in [3.05, 3.63) is 17.5 Å². The van der Waals surface area contributed by atoms with Gasteiger partial charge in [-0.1, -0.05) is 5.16 Å². The number of nitrogens with one attached hydrogen (secondary N) is 1. The van der Waals surface area contributed by atoms with E-state index in [1.807, 2.05) is 26.8 Å². The second kappa shape index (κ2) is 6.12. The Bertz CT molecular complexity index is 751. The first kappa shape index (κ1) is 18.1. The van der Waals surface area contributed by atoms with Gasteiger partial charge in [0.25, 0.3) is 0 Å². The van der Waals surface area contributed by atoms with Crippen LogP contribution >= 0.6 is 0 Å². The molecule has 2 N–H and O–H groups in total. The Morgan fingerprint density at radius 3 is 2.89 bits per heavy atom. The number of hydrogen-bond donors (Lipinski definition) is 2. The number of fused-ring (bicyclic) bond motifs is 3. The molecule has 4 rings (SSSR count). The summed E-state index contributed by atoms with van der Waals surface area (Å²) in [5.41, 5.74) is 0.180. The summed E-state index contributed by atoms with van der Waals surface area (Å²) in [5, 5.41) is 17.8. The molecule has 3 amide bonds. The third kappa shape index (κ3) is 3.36. The molecule has 1 aliphatic carbocycles. The van der Waals surface area contributed by atoms with Crippen LogP contribution in [0.3, 0.4) is 0 Å². The van der Waals surface area contributed by atoms with Crippen LogP contribution < -0.4 is 5.32 Å². The lowest BCUT2D eigenvalue weighted by atomic mass is 9.84. The molecule has 3 fully saturated rings. The number of rotatable bonds is 4. The fourth-order valence-electron chi connectivity index (χ4n) is 4.12. The Balaban J connectivity index is 1.37. The zero-order valence-electron chi connectivity index (χ0n) is 15.9. The van der Waals surface area contributed by atoms with E-state index in [1.54, 1.807) is 4.90 Å². The largest absolute Gasteiger partial charge is 0.444 e. The lowest BCUT2D eigenvalue weighted by molar-refractivity contribution is -0.0782. The summed E-state index contributed by atoms with van der Waals surface area (Å²) >= 11 is 0. The molecule has 2 aliphatic heterocycles. The van der Waals surface area contributed by atoms with Crippen molar-refractivity contribution >= 4 is 12.1 Å². The molecule has 1 spiro atoms. The van der Waals surface area contributed by atoms with Crippen molar-refractivity contribution in [2.45, 2.75) is 64.1 Å². The van der Waals surface area contributed by atoms with E-state index in [0.717, 1.165) is 24.3 Å². The van der Waals surface area contributed by atoms with Gasteiger partial charge in [0.2, 0.25) is 0 Å². The van der Waals surface area contributed by atoms with E-state index in [2.05, 4.69) is 10.5 Å². The summed E-state index contributed by atoms with van der Waals surface area (Å²) in [6.45, 7) is 6.33. The number of alkyl carbamates (subject to hydrolysis) is 1. The number of amides is 3. The Hall–Kier alpha value is -2.29. The van der Waals surface area contributed by atoms with Gasteiger partial charge in [-0.3, -0.25) is 5.21 Å². The minimum atomic E-state index is -0.538. The third-order valence-electron chi connectivity index (χ3n) is 5.64. The summed E-state index contributed by atoms with van der Waals surface area (Å²) < 4.78 is 10.6. The number of hydroxylamine groups is 2. The summed E-state index contributed by atoms with van der Waals surface area (Å²) in [4.78, 5) is 25.7. The molecule has 1 aromatic rings. The van der Waals surface area contributed by atoms with Gasteiger partial charge < -0.3 is 19.5 Å². The number of aromatic nitrogens is 1. The Morgan fingerprint density at radius 1 is 1.48 bits per heavy atom. The Kier molecular flexibility index (Phi) is 4.10. The van der Waals surface area contributed by atoms with Crippen LogP contribution in [0.1, 0.15) is 57.5 Å². The van der Waals surface area contributed by atoms with Crippen molar-refractivity contribution in [2.24, 2.45) is 5.41 Å². The maximum Gasteiger partial charge on any atom is 0.407 e. The van der Waals surface area contributed by atoms with Gasteiger partial charge in [-0.05, 0) is 45.4 Å². The van der Waals surface area contributed by atoms with Crippen LogP contribution in [0.4, 0.5) is 9.59 Å². The highest BCUT2D eigenvalue weighted by molar-refractivity contribution is 5.77. The monoisotopic (exact) mass is 378 g/mol. The van der Waals surface area contributed by atoms with Crippen LogP contribution in [0.25, 0.3) is 0 Å². The molecule has 2 atom stereocenters. The van der Waals surface area contributed by atoms with Crippen molar-refractivity contribution in [3.8, 4) is 0 Å². The van der Waals surface area contributed by atoms with E-state index in [9.17, 15) is 14.8 Å². The molecule has 9 nitrogen and oxygen atoms in total. The summed E-state index contributed by atoms with van der Waals surface area (Å²) in [7, 11) is 0. The lowest BCUT2D eigenvalue weighted by Crippen LogP contribution is -2.41. The topological polar surface area (TPSA) is 108 Å². The number of ether oxygens (including phenoxy) is 1. The minimum Gasteiger partial charge on any atom is -0.444 e. The predicted octanol–water partition coefficient (Wildman–Crippen LogP) is 2.46. The number of piperidine rings is 1. The SMILES string of the molecule is CC(C)(C)OC(=O)NCCc1cc([C@@H]2CC3(CC3)[C@@H]3CN2C(=O)N3O)no1. The normalized spacial score (nSPS) is 25.9. The van der Waals surface area contributed by atoms with Gasteiger partial charge in [-0.25, -0.2) is 14.7 Å². The van der Waals surface area contributed by atoms with E-state index >= 15 is 0 Å². The second-order valence-corrected chi connectivity index (χ2v) is 8.77. The molecule has 3 aliphatic rings. The van der Waals surface area contributed by atoms with Crippen LogP contribution in [0.15, 0.2) is 10.6 Å². The molecule has 0 aromatic carbocycles. The Morgan fingerprint density at radius 2 is 2.22 bits per heavy atom. The highest BCUT2D eigenvalue weighted by atomic mass is 16.6. The summed E-state index contributed by atoms with van der Waals surface area (Å²) in [5.74, 6) is 0.639. The van der Waals surface area contributed by atoms with Crippen LogP contribution in [0.2, 0.25) is 0 Å². The number of carbonyl (C=O) groups is 2. The Labute approximate surface area is 157 Å².